The summed E-state index contributed by atoms with van der Waals surface area (Å²) in [7, 11) is 1.85. The molecule has 2 rings (SSSR count). The molecule has 0 aliphatic carbocycles. The largest absolute Gasteiger partial charge is 0.481 e. The Morgan fingerprint density at radius 2 is 1.12 bits per heavy atom. The smallest absolute Gasteiger partial charge is 0.349 e. The van der Waals surface area contributed by atoms with Crippen molar-refractivity contribution < 1.29 is 23.9 Å². The molecule has 1 heterocycles. The summed E-state index contributed by atoms with van der Waals surface area (Å²) < 4.78 is 5.71. The number of hydrogen-bond acceptors (Lipinski definition) is 6. The van der Waals surface area contributed by atoms with Gasteiger partial charge in [0.2, 0.25) is 5.91 Å². The maximum atomic E-state index is 13.7. The molecule has 0 aliphatic rings. The lowest BCUT2D eigenvalue weighted by Crippen LogP contribution is -2.39. The van der Waals surface area contributed by atoms with E-state index in [1.807, 2.05) is 25.2 Å². The summed E-state index contributed by atoms with van der Waals surface area (Å²) in [5, 5.41) is 12.6. The number of carbonyl (C=O) groups is 3. The van der Waals surface area contributed by atoms with Crippen LogP contribution in [0.1, 0.15) is 217 Å². The number of aliphatic carboxylic acids is 1. The highest BCUT2D eigenvalue weighted by atomic mass is 16.4. The number of nitrogens with one attached hydrogen (secondary N) is 1. The molecule has 0 fully saturated rings. The molecule has 2 N–H and O–H groups in total. The van der Waals surface area contributed by atoms with Crippen molar-refractivity contribution >= 4 is 34.4 Å². The molecule has 330 valence electrons. The standard InChI is InChI=1S/C49H83N3O6/c1-5-8-9-27-32-42(51(4)48(56)44-39-41-36-37-43(52(6-2)7-3)40-45(41)58-49(44)57)33-28-23-19-16-17-20-24-29-34-46(53)50-38-31-26-22-18-14-12-10-11-13-15-21-25-30-35-47(54)55/h36-37,39-40,42H,5-35,38H2,1-4H3,(H,50,53)(H,54,55). The van der Waals surface area contributed by atoms with Gasteiger partial charge in [0, 0.05) is 62.7 Å². The quantitative estimate of drug-likeness (QED) is 0.0515. The van der Waals surface area contributed by atoms with Gasteiger partial charge in [0.25, 0.3) is 5.91 Å². The summed E-state index contributed by atoms with van der Waals surface area (Å²) in [6, 6.07) is 7.67. The number of carbonyl (C=O) groups excluding carboxylic acids is 2. The second kappa shape index (κ2) is 32.5. The molecule has 2 amide bonds. The van der Waals surface area contributed by atoms with Gasteiger partial charge in [-0.25, -0.2) is 4.79 Å². The van der Waals surface area contributed by atoms with E-state index in [0.717, 1.165) is 108 Å². The minimum atomic E-state index is -0.680. The van der Waals surface area contributed by atoms with Gasteiger partial charge in [0.15, 0.2) is 0 Å². The lowest BCUT2D eigenvalue weighted by Gasteiger charge is -2.28. The van der Waals surface area contributed by atoms with Crippen molar-refractivity contribution in [1.82, 2.24) is 10.2 Å². The Bertz CT molecular complexity index is 1450. The topological polar surface area (TPSA) is 120 Å². The molecule has 0 saturated heterocycles. The zero-order chi connectivity index (χ0) is 42.2. The molecule has 1 aromatic carbocycles. The van der Waals surface area contributed by atoms with Crippen molar-refractivity contribution in [1.29, 1.82) is 0 Å². The molecule has 1 atom stereocenters. The first-order valence-corrected chi connectivity index (χ1v) is 23.8. The average Bonchev–Trinajstić information content (AvgIpc) is 3.21. The zero-order valence-corrected chi connectivity index (χ0v) is 37.4. The molecule has 1 aromatic heterocycles. The van der Waals surface area contributed by atoms with Gasteiger partial charge in [-0.2, -0.15) is 0 Å². The van der Waals surface area contributed by atoms with Crippen LogP contribution in [0.15, 0.2) is 33.5 Å². The van der Waals surface area contributed by atoms with Crippen molar-refractivity contribution in [2.75, 3.05) is 31.6 Å². The number of amides is 2. The molecule has 58 heavy (non-hydrogen) atoms. The van der Waals surface area contributed by atoms with Crippen LogP contribution in [0.4, 0.5) is 5.69 Å². The summed E-state index contributed by atoms with van der Waals surface area (Å²) in [5.41, 5.74) is 1.07. The van der Waals surface area contributed by atoms with Crippen LogP contribution in [0.25, 0.3) is 11.0 Å². The zero-order valence-electron chi connectivity index (χ0n) is 37.4. The molecule has 0 aliphatic heterocycles. The van der Waals surface area contributed by atoms with Gasteiger partial charge in [-0.05, 0) is 64.2 Å². The normalized spacial score (nSPS) is 11.9. The van der Waals surface area contributed by atoms with E-state index in [0.29, 0.717) is 18.4 Å². The third-order valence-corrected chi connectivity index (χ3v) is 11.9. The Labute approximate surface area is 352 Å². The van der Waals surface area contributed by atoms with Crippen molar-refractivity contribution in [2.45, 2.75) is 213 Å². The van der Waals surface area contributed by atoms with Gasteiger partial charge in [-0.15, -0.1) is 0 Å². The molecule has 0 spiro atoms. The van der Waals surface area contributed by atoms with Gasteiger partial charge in [0.05, 0.1) is 0 Å². The van der Waals surface area contributed by atoms with Crippen LogP contribution in [0, 0.1) is 0 Å². The van der Waals surface area contributed by atoms with E-state index in [1.54, 1.807) is 11.0 Å². The number of unbranched alkanes of at least 4 members (excludes halogenated alkanes) is 22. The average molecular weight is 810 g/mol. The number of fused-ring (bicyclic) bond motifs is 1. The second-order valence-electron chi connectivity index (χ2n) is 16.7. The summed E-state index contributed by atoms with van der Waals surface area (Å²) in [4.78, 5) is 53.6. The number of rotatable bonds is 37. The number of carboxylic acid groups (broad SMARTS) is 1. The number of carboxylic acids is 1. The van der Waals surface area contributed by atoms with Crippen LogP contribution in [-0.4, -0.2) is 60.5 Å². The summed E-state index contributed by atoms with van der Waals surface area (Å²) in [6.07, 6.45) is 32.0. The Kier molecular flexibility index (Phi) is 28.4. The molecule has 2 aromatic rings. The van der Waals surface area contributed by atoms with Crippen LogP contribution < -0.4 is 15.8 Å². The van der Waals surface area contributed by atoms with Gasteiger partial charge in [-0.1, -0.05) is 148 Å². The molecule has 0 saturated carbocycles. The summed E-state index contributed by atoms with van der Waals surface area (Å²) in [6.45, 7) is 8.94. The molecular formula is C49H83N3O6. The maximum Gasteiger partial charge on any atom is 0.349 e. The van der Waals surface area contributed by atoms with Gasteiger partial charge in [0.1, 0.15) is 11.1 Å². The molecule has 0 radical (unpaired) electrons. The first-order valence-electron chi connectivity index (χ1n) is 23.8. The molecular weight excluding hydrogens is 727 g/mol. The number of hydrogen-bond donors (Lipinski definition) is 2. The van der Waals surface area contributed by atoms with Gasteiger partial charge >= 0.3 is 11.6 Å². The SMILES string of the molecule is CCCCCCC(CCCCCCCCCCC(=O)NCCCCCCCCCCCCCCCC(=O)O)N(C)C(=O)c1cc2ccc(N(CC)CC)cc2oc1=O. The van der Waals surface area contributed by atoms with Gasteiger partial charge < -0.3 is 24.6 Å². The predicted octanol–water partition coefficient (Wildman–Crippen LogP) is 12.6. The first-order chi connectivity index (χ1) is 28.2. The molecule has 9 heteroatoms. The number of benzene rings is 1. The van der Waals surface area contributed by atoms with E-state index in [-0.39, 0.29) is 23.4 Å². The van der Waals surface area contributed by atoms with Crippen LogP contribution in [0.5, 0.6) is 0 Å². The minimum absolute atomic E-state index is 0.100. The number of anilines is 1. The lowest BCUT2D eigenvalue weighted by molar-refractivity contribution is -0.137. The van der Waals surface area contributed by atoms with Gasteiger partial charge in [-0.3, -0.25) is 14.4 Å². The van der Waals surface area contributed by atoms with E-state index >= 15 is 0 Å². The van der Waals surface area contributed by atoms with Crippen molar-refractivity contribution in [2.24, 2.45) is 0 Å². The Morgan fingerprint density at radius 1 is 0.638 bits per heavy atom. The Balaban J connectivity index is 1.55. The highest BCUT2D eigenvalue weighted by Gasteiger charge is 2.24. The predicted molar refractivity (Wildman–Crippen MR) is 242 cm³/mol. The second-order valence-corrected chi connectivity index (χ2v) is 16.7. The summed E-state index contributed by atoms with van der Waals surface area (Å²) >= 11 is 0. The molecule has 9 nitrogen and oxygen atoms in total. The van der Waals surface area contributed by atoms with Crippen LogP contribution in [0.2, 0.25) is 0 Å². The van der Waals surface area contributed by atoms with Crippen LogP contribution in [0.3, 0.4) is 0 Å². The number of nitrogens with zero attached hydrogens (tertiary/aromatic N) is 2. The monoisotopic (exact) mass is 810 g/mol. The van der Waals surface area contributed by atoms with E-state index in [4.69, 9.17) is 9.52 Å². The van der Waals surface area contributed by atoms with Crippen molar-refractivity contribution in [3.8, 4) is 0 Å². The fraction of sp³-hybridized carbons (Fsp3) is 0.755. The highest BCUT2D eigenvalue weighted by molar-refractivity contribution is 5.97. The Hall–Kier alpha value is -3.36. The fourth-order valence-electron chi connectivity index (χ4n) is 8.12. The van der Waals surface area contributed by atoms with Crippen LogP contribution in [-0.2, 0) is 9.59 Å². The van der Waals surface area contributed by atoms with E-state index in [1.165, 1.54) is 96.3 Å². The maximum absolute atomic E-state index is 13.7. The van der Waals surface area contributed by atoms with E-state index in [2.05, 4.69) is 31.0 Å². The van der Waals surface area contributed by atoms with Crippen molar-refractivity contribution in [3.63, 3.8) is 0 Å². The molecule has 1 unspecified atom stereocenters. The fourth-order valence-corrected chi connectivity index (χ4v) is 8.12. The Morgan fingerprint density at radius 3 is 1.64 bits per heavy atom. The summed E-state index contributed by atoms with van der Waals surface area (Å²) in [5.74, 6) is -0.732. The minimum Gasteiger partial charge on any atom is -0.481 e. The van der Waals surface area contributed by atoms with E-state index in [9.17, 15) is 19.2 Å². The lowest BCUT2D eigenvalue weighted by atomic mass is 9.98. The van der Waals surface area contributed by atoms with E-state index < -0.39 is 11.6 Å². The molecule has 0 bridgehead atoms. The first kappa shape index (κ1) is 50.8. The third-order valence-electron chi connectivity index (χ3n) is 11.9. The third kappa shape index (κ3) is 22.1. The highest BCUT2D eigenvalue weighted by Crippen LogP contribution is 2.24. The van der Waals surface area contributed by atoms with Crippen LogP contribution >= 0.6 is 0 Å². The van der Waals surface area contributed by atoms with Crippen molar-refractivity contribution in [3.05, 3.63) is 40.2 Å².